The van der Waals surface area contributed by atoms with E-state index in [4.69, 9.17) is 9.88 Å². The molecule has 0 fully saturated rings. The Morgan fingerprint density at radius 2 is 2.28 bits per heavy atom. The standard InChI is InChI=1S/C10H17N3O4S/c1-3-17-7(2)5-13-10(14)9-4-8(6-12-9)18(11,15)16/h4,6-7,12H,3,5H2,1-2H3,(H,13,14)(H2,11,15,16). The van der Waals surface area contributed by atoms with Crippen LogP contribution in [-0.4, -0.2) is 38.6 Å². The number of ether oxygens (including phenoxy) is 1. The van der Waals surface area contributed by atoms with Gasteiger partial charge in [-0.25, -0.2) is 13.6 Å². The lowest BCUT2D eigenvalue weighted by Gasteiger charge is -2.11. The maximum atomic E-state index is 11.7. The van der Waals surface area contributed by atoms with Gasteiger partial charge in [-0.2, -0.15) is 0 Å². The van der Waals surface area contributed by atoms with Crippen molar-refractivity contribution in [1.82, 2.24) is 10.3 Å². The van der Waals surface area contributed by atoms with Gasteiger partial charge in [-0.15, -0.1) is 0 Å². The van der Waals surface area contributed by atoms with Crippen molar-refractivity contribution in [1.29, 1.82) is 0 Å². The summed E-state index contributed by atoms with van der Waals surface area (Å²) in [6.45, 7) is 4.60. The summed E-state index contributed by atoms with van der Waals surface area (Å²) in [6, 6.07) is 1.19. The zero-order valence-electron chi connectivity index (χ0n) is 10.3. The summed E-state index contributed by atoms with van der Waals surface area (Å²) in [4.78, 5) is 14.1. The molecule has 1 heterocycles. The van der Waals surface area contributed by atoms with Crippen molar-refractivity contribution in [3.63, 3.8) is 0 Å². The minimum Gasteiger partial charge on any atom is -0.377 e. The first-order chi connectivity index (χ1) is 8.34. The zero-order chi connectivity index (χ0) is 13.8. The molecule has 0 aliphatic carbocycles. The third kappa shape index (κ3) is 4.13. The van der Waals surface area contributed by atoms with E-state index in [1.165, 1.54) is 12.3 Å². The van der Waals surface area contributed by atoms with Crippen molar-refractivity contribution in [2.45, 2.75) is 24.8 Å². The molecular weight excluding hydrogens is 258 g/mol. The maximum absolute atomic E-state index is 11.7. The fraction of sp³-hybridized carbons (Fsp3) is 0.500. The molecular formula is C10H17N3O4S. The number of aromatic amines is 1. The van der Waals surface area contributed by atoms with Crippen molar-refractivity contribution in [2.24, 2.45) is 5.14 Å². The number of nitrogens with one attached hydrogen (secondary N) is 2. The number of H-pyrrole nitrogens is 1. The number of sulfonamides is 1. The molecule has 1 amide bonds. The number of nitrogens with two attached hydrogens (primary N) is 1. The summed E-state index contributed by atoms with van der Waals surface area (Å²) in [6.07, 6.45) is 1.07. The first-order valence-corrected chi connectivity index (χ1v) is 7.00. The van der Waals surface area contributed by atoms with Crippen molar-refractivity contribution < 1.29 is 17.9 Å². The summed E-state index contributed by atoms with van der Waals surface area (Å²) in [5.41, 5.74) is 0.141. The van der Waals surface area contributed by atoms with Gasteiger partial charge in [-0.1, -0.05) is 0 Å². The van der Waals surface area contributed by atoms with Crippen molar-refractivity contribution in [3.8, 4) is 0 Å². The first kappa shape index (κ1) is 14.7. The number of primary sulfonamides is 1. The molecule has 0 aliphatic rings. The van der Waals surface area contributed by atoms with Crippen LogP contribution in [0, 0.1) is 0 Å². The monoisotopic (exact) mass is 275 g/mol. The van der Waals surface area contributed by atoms with Gasteiger partial charge in [0.1, 0.15) is 5.69 Å². The number of aromatic nitrogens is 1. The molecule has 0 saturated carbocycles. The minimum atomic E-state index is -3.79. The Kier molecular flexibility index (Phi) is 4.88. The molecule has 1 aromatic rings. The van der Waals surface area contributed by atoms with Gasteiger partial charge in [0, 0.05) is 19.3 Å². The Morgan fingerprint density at radius 1 is 1.61 bits per heavy atom. The highest BCUT2D eigenvalue weighted by atomic mass is 32.2. The fourth-order valence-electron chi connectivity index (χ4n) is 1.34. The second-order valence-electron chi connectivity index (χ2n) is 3.77. The van der Waals surface area contributed by atoms with Crippen LogP contribution in [0.5, 0.6) is 0 Å². The third-order valence-electron chi connectivity index (χ3n) is 2.23. The van der Waals surface area contributed by atoms with Crippen LogP contribution in [0.25, 0.3) is 0 Å². The molecule has 1 rings (SSSR count). The molecule has 102 valence electrons. The Morgan fingerprint density at radius 3 is 2.78 bits per heavy atom. The Hall–Kier alpha value is -1.38. The number of rotatable bonds is 6. The van der Waals surface area contributed by atoms with Gasteiger partial charge >= 0.3 is 0 Å². The van der Waals surface area contributed by atoms with Gasteiger partial charge in [-0.05, 0) is 19.9 Å². The van der Waals surface area contributed by atoms with Crippen molar-refractivity contribution in [3.05, 3.63) is 18.0 Å². The predicted octanol–water partition coefficient (Wildman–Crippen LogP) is -0.183. The van der Waals surface area contributed by atoms with Crippen LogP contribution in [0.1, 0.15) is 24.3 Å². The van der Waals surface area contributed by atoms with E-state index in [9.17, 15) is 13.2 Å². The van der Waals surface area contributed by atoms with Gasteiger partial charge in [0.2, 0.25) is 10.0 Å². The molecule has 18 heavy (non-hydrogen) atoms. The molecule has 0 saturated heterocycles. The first-order valence-electron chi connectivity index (χ1n) is 5.45. The average Bonchev–Trinajstić information content (AvgIpc) is 2.75. The zero-order valence-corrected chi connectivity index (χ0v) is 11.1. The Labute approximate surface area is 106 Å². The Balaban J connectivity index is 2.60. The summed E-state index contributed by atoms with van der Waals surface area (Å²) < 4.78 is 27.3. The predicted molar refractivity (Wildman–Crippen MR) is 65.6 cm³/mol. The van der Waals surface area contributed by atoms with Crippen LogP contribution in [-0.2, 0) is 14.8 Å². The van der Waals surface area contributed by atoms with Crippen LogP contribution in [0.3, 0.4) is 0 Å². The average molecular weight is 275 g/mol. The SMILES string of the molecule is CCOC(C)CNC(=O)c1cc(S(N)(=O)=O)c[nH]1. The van der Waals surface area contributed by atoms with Crippen molar-refractivity contribution >= 4 is 15.9 Å². The summed E-state index contributed by atoms with van der Waals surface area (Å²) in [7, 11) is -3.79. The molecule has 7 nitrogen and oxygen atoms in total. The molecule has 1 aromatic heterocycles. The normalized spacial score (nSPS) is 13.3. The van der Waals surface area contributed by atoms with E-state index < -0.39 is 15.9 Å². The Bertz CT molecular complexity index is 509. The third-order valence-corrected chi connectivity index (χ3v) is 3.12. The smallest absolute Gasteiger partial charge is 0.267 e. The van der Waals surface area contributed by atoms with Gasteiger partial charge in [0.15, 0.2) is 0 Å². The van der Waals surface area contributed by atoms with Crippen LogP contribution in [0.4, 0.5) is 0 Å². The highest BCUT2D eigenvalue weighted by Gasteiger charge is 2.15. The second-order valence-corrected chi connectivity index (χ2v) is 5.33. The highest BCUT2D eigenvalue weighted by molar-refractivity contribution is 7.89. The van der Waals surface area contributed by atoms with E-state index in [0.29, 0.717) is 13.2 Å². The molecule has 1 unspecified atom stereocenters. The minimum absolute atomic E-state index is 0.105. The molecule has 0 radical (unpaired) electrons. The molecule has 8 heteroatoms. The highest BCUT2D eigenvalue weighted by Crippen LogP contribution is 2.08. The summed E-state index contributed by atoms with van der Waals surface area (Å²) >= 11 is 0. The van der Waals surface area contributed by atoms with E-state index in [-0.39, 0.29) is 16.7 Å². The molecule has 0 spiro atoms. The van der Waals surface area contributed by atoms with Crippen molar-refractivity contribution in [2.75, 3.05) is 13.2 Å². The van der Waals surface area contributed by atoms with Crippen LogP contribution >= 0.6 is 0 Å². The van der Waals surface area contributed by atoms with Gasteiger partial charge in [-0.3, -0.25) is 4.79 Å². The van der Waals surface area contributed by atoms with E-state index in [0.717, 1.165) is 0 Å². The van der Waals surface area contributed by atoms with Gasteiger partial charge in [0.25, 0.3) is 5.91 Å². The molecule has 0 bridgehead atoms. The second kappa shape index (κ2) is 5.98. The van der Waals surface area contributed by atoms with E-state index in [1.807, 2.05) is 13.8 Å². The van der Waals surface area contributed by atoms with Crippen LogP contribution < -0.4 is 10.5 Å². The lowest BCUT2D eigenvalue weighted by Crippen LogP contribution is -2.32. The molecule has 0 aromatic carbocycles. The number of carbonyl (C=O) groups excluding carboxylic acids is 1. The number of hydrogen-bond donors (Lipinski definition) is 3. The van der Waals surface area contributed by atoms with Crippen LogP contribution in [0.15, 0.2) is 17.2 Å². The summed E-state index contributed by atoms with van der Waals surface area (Å²) in [5.74, 6) is -0.406. The largest absolute Gasteiger partial charge is 0.377 e. The fourth-order valence-corrected chi connectivity index (χ4v) is 1.85. The quantitative estimate of drug-likeness (QED) is 0.668. The number of hydrogen-bond acceptors (Lipinski definition) is 4. The summed E-state index contributed by atoms with van der Waals surface area (Å²) in [5, 5.41) is 7.55. The lowest BCUT2D eigenvalue weighted by molar-refractivity contribution is 0.0693. The number of carbonyl (C=O) groups is 1. The van der Waals surface area contributed by atoms with Crippen LogP contribution in [0.2, 0.25) is 0 Å². The number of amides is 1. The maximum Gasteiger partial charge on any atom is 0.267 e. The van der Waals surface area contributed by atoms with Gasteiger partial charge in [0.05, 0.1) is 11.0 Å². The molecule has 4 N–H and O–H groups in total. The molecule has 1 atom stereocenters. The topological polar surface area (TPSA) is 114 Å². The van der Waals surface area contributed by atoms with E-state index in [2.05, 4.69) is 10.3 Å². The van der Waals surface area contributed by atoms with E-state index >= 15 is 0 Å². The van der Waals surface area contributed by atoms with Gasteiger partial charge < -0.3 is 15.0 Å². The van der Waals surface area contributed by atoms with E-state index in [1.54, 1.807) is 0 Å². The molecule has 0 aliphatic heterocycles. The lowest BCUT2D eigenvalue weighted by atomic mass is 10.3.